The van der Waals surface area contributed by atoms with Gasteiger partial charge in [-0.3, -0.25) is 14.5 Å². The number of carbonyl (C=O) groups excluding carboxylic acids is 2. The average Bonchev–Trinajstić information content (AvgIpc) is 3.69. The molecule has 2 aromatic rings. The summed E-state index contributed by atoms with van der Waals surface area (Å²) in [4.78, 5) is 31.1. The molecule has 3 aliphatic heterocycles. The van der Waals surface area contributed by atoms with Crippen LogP contribution in [0.4, 0.5) is 8.78 Å². The molecule has 1 aliphatic carbocycles. The first-order chi connectivity index (χ1) is 19.2. The molecule has 1 saturated heterocycles. The molecule has 12 heteroatoms. The zero-order valence-corrected chi connectivity index (χ0v) is 22.0. The summed E-state index contributed by atoms with van der Waals surface area (Å²) in [6, 6.07) is 9.23. The van der Waals surface area contributed by atoms with Crippen LogP contribution >= 0.6 is 0 Å². The Morgan fingerprint density at radius 2 is 1.80 bits per heavy atom. The summed E-state index contributed by atoms with van der Waals surface area (Å²) in [6.45, 7) is 3.00. The number of aliphatic hydroxyl groups is 1. The number of carbonyl (C=O) groups is 2. The number of aliphatic hydroxyl groups excluding tert-OH is 1. The fourth-order valence-electron chi connectivity index (χ4n) is 5.71. The number of ether oxygens (including phenoxy) is 4. The van der Waals surface area contributed by atoms with Gasteiger partial charge in [-0.05, 0) is 42.7 Å². The van der Waals surface area contributed by atoms with Crippen LogP contribution in [0.2, 0.25) is 0 Å². The molecule has 2 aromatic carbocycles. The van der Waals surface area contributed by atoms with Gasteiger partial charge in [-0.15, -0.1) is 8.78 Å². The highest BCUT2D eigenvalue weighted by molar-refractivity contribution is 5.92. The monoisotopic (exact) mass is 559 g/mol. The van der Waals surface area contributed by atoms with Gasteiger partial charge in [0.25, 0.3) is 5.91 Å². The topological polar surface area (TPSA) is 110 Å². The summed E-state index contributed by atoms with van der Waals surface area (Å²) in [6.07, 6.45) is -3.20. The number of β-amino-alcohol motifs (C(OH)–C–C–N with tert-alkyl or cyclic N) is 1. The van der Waals surface area contributed by atoms with Gasteiger partial charge in [0.05, 0.1) is 25.2 Å². The van der Waals surface area contributed by atoms with E-state index in [0.717, 1.165) is 5.56 Å². The highest BCUT2D eigenvalue weighted by Crippen LogP contribution is 2.52. The minimum Gasteiger partial charge on any atom is -0.497 e. The first-order valence-electron chi connectivity index (χ1n) is 13.4. The Labute approximate surface area is 229 Å². The minimum atomic E-state index is -3.74. The van der Waals surface area contributed by atoms with Crippen molar-refractivity contribution in [3.05, 3.63) is 47.5 Å². The average molecular weight is 560 g/mol. The van der Waals surface area contributed by atoms with E-state index >= 15 is 0 Å². The molecule has 1 saturated carbocycles. The van der Waals surface area contributed by atoms with E-state index in [1.54, 1.807) is 23.1 Å². The van der Waals surface area contributed by atoms with E-state index in [0.29, 0.717) is 62.6 Å². The predicted octanol–water partition coefficient (Wildman–Crippen LogP) is 2.19. The number of alkyl halides is 2. The summed E-state index contributed by atoms with van der Waals surface area (Å²) in [5, 5.41) is 12.3. The molecule has 6 rings (SSSR count). The summed E-state index contributed by atoms with van der Waals surface area (Å²) in [7, 11) is 1.54. The summed E-state index contributed by atoms with van der Waals surface area (Å²) in [5.74, 6) is 0.434. The minimum absolute atomic E-state index is 0.0694. The first kappa shape index (κ1) is 26.6. The fourth-order valence-corrected chi connectivity index (χ4v) is 5.71. The lowest BCUT2D eigenvalue weighted by Crippen LogP contribution is -2.54. The van der Waals surface area contributed by atoms with Crippen molar-refractivity contribution in [3.63, 3.8) is 0 Å². The molecule has 0 spiro atoms. The number of piperazine rings is 1. The number of hydrogen-bond donors (Lipinski definition) is 2. The number of nitrogens with one attached hydrogen (secondary N) is 1. The second-order valence-corrected chi connectivity index (χ2v) is 10.6. The molecule has 0 aromatic heterocycles. The highest BCUT2D eigenvalue weighted by Gasteiger charge is 2.53. The molecule has 2 fully saturated rings. The van der Waals surface area contributed by atoms with Crippen LogP contribution < -0.4 is 24.3 Å². The van der Waals surface area contributed by atoms with E-state index < -0.39 is 23.9 Å². The Kier molecular flexibility index (Phi) is 6.70. The van der Waals surface area contributed by atoms with Crippen LogP contribution in [-0.4, -0.2) is 85.6 Å². The summed E-state index contributed by atoms with van der Waals surface area (Å²) >= 11 is 0. The molecule has 0 radical (unpaired) electrons. The van der Waals surface area contributed by atoms with Gasteiger partial charge in [-0.1, -0.05) is 6.07 Å². The Balaban J connectivity index is 1.21. The quantitative estimate of drug-likeness (QED) is 0.532. The molecular formula is C28H31F2N3O7. The first-order valence-corrected chi connectivity index (χ1v) is 13.4. The maximum absolute atomic E-state index is 13.7. The third-order valence-corrected chi connectivity index (χ3v) is 8.13. The van der Waals surface area contributed by atoms with Crippen LogP contribution in [0, 0.1) is 0 Å². The van der Waals surface area contributed by atoms with E-state index in [4.69, 9.17) is 9.47 Å². The second-order valence-electron chi connectivity index (χ2n) is 10.6. The Hall–Kier alpha value is -3.64. The Morgan fingerprint density at radius 3 is 2.50 bits per heavy atom. The number of amides is 2. The molecule has 2 atom stereocenters. The third kappa shape index (κ3) is 4.90. The van der Waals surface area contributed by atoms with Gasteiger partial charge in [-0.2, -0.15) is 0 Å². The van der Waals surface area contributed by atoms with Crippen molar-refractivity contribution < 1.29 is 42.4 Å². The van der Waals surface area contributed by atoms with Crippen molar-refractivity contribution in [2.45, 2.75) is 43.1 Å². The van der Waals surface area contributed by atoms with Crippen molar-refractivity contribution in [1.29, 1.82) is 0 Å². The van der Waals surface area contributed by atoms with Gasteiger partial charge >= 0.3 is 6.29 Å². The van der Waals surface area contributed by atoms with Crippen LogP contribution in [0.5, 0.6) is 23.0 Å². The zero-order chi connectivity index (χ0) is 28.1. The molecule has 2 N–H and O–H groups in total. The third-order valence-electron chi connectivity index (χ3n) is 8.13. The normalized spacial score (nSPS) is 24.1. The molecular weight excluding hydrogens is 528 g/mol. The maximum Gasteiger partial charge on any atom is 0.586 e. The van der Waals surface area contributed by atoms with E-state index in [1.165, 1.54) is 19.2 Å². The van der Waals surface area contributed by atoms with Crippen molar-refractivity contribution in [1.82, 2.24) is 15.1 Å². The largest absolute Gasteiger partial charge is 0.586 e. The van der Waals surface area contributed by atoms with Gasteiger partial charge in [0.1, 0.15) is 11.5 Å². The van der Waals surface area contributed by atoms with E-state index in [1.807, 2.05) is 6.07 Å². The number of nitrogens with zero attached hydrogens (tertiary/aromatic N) is 2. The van der Waals surface area contributed by atoms with Crippen LogP contribution in [0.15, 0.2) is 36.4 Å². The molecule has 40 heavy (non-hydrogen) atoms. The van der Waals surface area contributed by atoms with Crippen LogP contribution in [-0.2, 0) is 15.0 Å². The lowest BCUT2D eigenvalue weighted by molar-refractivity contribution is -0.286. The summed E-state index contributed by atoms with van der Waals surface area (Å²) in [5.41, 5.74) is 0.413. The smallest absolute Gasteiger partial charge is 0.497 e. The zero-order valence-electron chi connectivity index (χ0n) is 22.0. The van der Waals surface area contributed by atoms with E-state index in [9.17, 15) is 23.5 Å². The van der Waals surface area contributed by atoms with Crippen molar-refractivity contribution in [3.8, 4) is 23.0 Å². The summed E-state index contributed by atoms with van der Waals surface area (Å²) < 4.78 is 47.7. The van der Waals surface area contributed by atoms with Crippen molar-refractivity contribution in [2.75, 3.05) is 46.4 Å². The van der Waals surface area contributed by atoms with Gasteiger partial charge in [0, 0.05) is 50.8 Å². The molecule has 214 valence electrons. The van der Waals surface area contributed by atoms with Crippen LogP contribution in [0.25, 0.3) is 0 Å². The number of rotatable bonds is 7. The predicted molar refractivity (Wildman–Crippen MR) is 137 cm³/mol. The molecule has 0 unspecified atom stereocenters. The number of benzene rings is 2. The Morgan fingerprint density at radius 1 is 1.05 bits per heavy atom. The van der Waals surface area contributed by atoms with Crippen LogP contribution in [0.3, 0.4) is 0 Å². The van der Waals surface area contributed by atoms with Crippen molar-refractivity contribution >= 4 is 11.8 Å². The van der Waals surface area contributed by atoms with Crippen LogP contribution in [0.1, 0.15) is 36.4 Å². The highest BCUT2D eigenvalue weighted by atomic mass is 19.3. The maximum atomic E-state index is 13.7. The second kappa shape index (κ2) is 10.1. The molecule has 4 aliphatic rings. The lowest BCUT2D eigenvalue weighted by atomic mass is 9.91. The van der Waals surface area contributed by atoms with E-state index in [2.05, 4.69) is 19.7 Å². The molecule has 0 bridgehead atoms. The van der Waals surface area contributed by atoms with Gasteiger partial charge in [0.2, 0.25) is 5.91 Å². The van der Waals surface area contributed by atoms with Gasteiger partial charge in [0.15, 0.2) is 17.6 Å². The lowest BCUT2D eigenvalue weighted by Gasteiger charge is -2.38. The van der Waals surface area contributed by atoms with Gasteiger partial charge < -0.3 is 34.3 Å². The Bertz CT molecular complexity index is 1310. The fraction of sp³-hybridized carbons (Fsp3) is 0.500. The van der Waals surface area contributed by atoms with Gasteiger partial charge in [-0.25, -0.2) is 0 Å². The van der Waals surface area contributed by atoms with Crippen molar-refractivity contribution in [2.24, 2.45) is 0 Å². The standard InChI is InChI=1S/C28H31F2N3O7/c1-37-18-3-4-19-20(16-24(38-22(19)15-18)25(35)33-10-8-32(9-11-33)12-13-34)31-26(36)27(6-7-27)17-2-5-21-23(14-17)40-28(29,30)39-21/h2-5,14-15,20,24,34H,6-13,16H2,1H3,(H,31,36)/t20-,24+/m0/s1. The number of methoxy groups -OCH3 is 1. The number of halogens is 2. The van der Waals surface area contributed by atoms with E-state index in [-0.39, 0.29) is 36.3 Å². The molecule has 2 amide bonds. The number of hydrogen-bond acceptors (Lipinski definition) is 8. The number of fused-ring (bicyclic) bond motifs is 2. The SMILES string of the molecule is COc1ccc2c(c1)O[C@@H](C(=O)N1CCN(CCO)CC1)C[C@@H]2NC(=O)C1(c2ccc3c(c2)OC(F)(F)O3)CC1. The molecule has 3 heterocycles. The molecule has 10 nitrogen and oxygen atoms in total.